The highest BCUT2D eigenvalue weighted by molar-refractivity contribution is 5.93. The minimum absolute atomic E-state index is 0.0335. The SMILES string of the molecule is Cc1ccc([N+](=O)[O-])cc1NC(=O)COc1ccc(-c2cn3cc([N+](=O)[O-])ccc3n2)cc1. The lowest BCUT2D eigenvalue weighted by atomic mass is 10.1. The van der Waals surface area contributed by atoms with Crippen LogP contribution in [-0.4, -0.2) is 31.7 Å². The first-order valence-electron chi connectivity index (χ1n) is 9.71. The van der Waals surface area contributed by atoms with E-state index in [0.717, 1.165) is 5.56 Å². The number of non-ortho nitro benzene ring substituents is 1. The van der Waals surface area contributed by atoms with Gasteiger partial charge in [0.25, 0.3) is 17.3 Å². The van der Waals surface area contributed by atoms with Crippen LogP contribution in [0.25, 0.3) is 16.9 Å². The molecule has 0 atom stereocenters. The van der Waals surface area contributed by atoms with Gasteiger partial charge in [-0.15, -0.1) is 0 Å². The van der Waals surface area contributed by atoms with Gasteiger partial charge >= 0.3 is 0 Å². The number of hydrogen-bond acceptors (Lipinski definition) is 7. The summed E-state index contributed by atoms with van der Waals surface area (Å²) in [5.41, 5.74) is 2.86. The maximum Gasteiger partial charge on any atom is 0.286 e. The molecule has 0 bridgehead atoms. The molecule has 0 radical (unpaired) electrons. The Hall–Kier alpha value is -4.80. The van der Waals surface area contributed by atoms with Crippen LogP contribution in [0.2, 0.25) is 0 Å². The van der Waals surface area contributed by atoms with Gasteiger partial charge in [0.2, 0.25) is 0 Å². The van der Waals surface area contributed by atoms with Crippen molar-refractivity contribution in [2.45, 2.75) is 6.92 Å². The van der Waals surface area contributed by atoms with E-state index in [1.54, 1.807) is 53.9 Å². The van der Waals surface area contributed by atoms with E-state index in [1.807, 2.05) is 0 Å². The Morgan fingerprint density at radius 1 is 1.00 bits per heavy atom. The van der Waals surface area contributed by atoms with E-state index in [9.17, 15) is 25.0 Å². The van der Waals surface area contributed by atoms with E-state index in [1.165, 1.54) is 24.4 Å². The number of nitrogens with one attached hydrogen (secondary N) is 1. The maximum absolute atomic E-state index is 12.2. The smallest absolute Gasteiger partial charge is 0.286 e. The number of amides is 1. The van der Waals surface area contributed by atoms with Crippen LogP contribution < -0.4 is 10.1 Å². The largest absolute Gasteiger partial charge is 0.484 e. The van der Waals surface area contributed by atoms with Gasteiger partial charge in [-0.2, -0.15) is 0 Å². The van der Waals surface area contributed by atoms with Crippen molar-refractivity contribution in [1.82, 2.24) is 9.38 Å². The molecule has 0 saturated heterocycles. The Labute approximate surface area is 186 Å². The van der Waals surface area contributed by atoms with Crippen molar-refractivity contribution in [3.05, 3.63) is 92.8 Å². The second-order valence-corrected chi connectivity index (χ2v) is 7.15. The number of pyridine rings is 1. The number of nitro benzene ring substituents is 1. The van der Waals surface area contributed by atoms with Gasteiger partial charge in [-0.05, 0) is 42.8 Å². The van der Waals surface area contributed by atoms with Crippen LogP contribution in [0.4, 0.5) is 17.1 Å². The minimum Gasteiger partial charge on any atom is -0.484 e. The number of rotatable bonds is 7. The zero-order valence-corrected chi connectivity index (χ0v) is 17.3. The molecule has 0 aliphatic carbocycles. The highest BCUT2D eigenvalue weighted by Crippen LogP contribution is 2.24. The third kappa shape index (κ3) is 4.77. The second-order valence-electron chi connectivity index (χ2n) is 7.15. The summed E-state index contributed by atoms with van der Waals surface area (Å²) < 4.78 is 7.08. The van der Waals surface area contributed by atoms with Crippen molar-refractivity contribution in [1.29, 1.82) is 0 Å². The molecule has 1 N–H and O–H groups in total. The summed E-state index contributed by atoms with van der Waals surface area (Å²) in [6.45, 7) is 1.45. The number of aromatic nitrogens is 2. The maximum atomic E-state index is 12.2. The number of anilines is 1. The molecule has 4 aromatic rings. The molecule has 0 aliphatic rings. The molecule has 0 spiro atoms. The zero-order valence-electron chi connectivity index (χ0n) is 17.3. The fourth-order valence-corrected chi connectivity index (χ4v) is 3.14. The molecule has 2 heterocycles. The predicted molar refractivity (Wildman–Crippen MR) is 119 cm³/mol. The average molecular weight is 447 g/mol. The van der Waals surface area contributed by atoms with Gasteiger partial charge in [0, 0.05) is 30.0 Å². The van der Waals surface area contributed by atoms with Crippen molar-refractivity contribution in [3.8, 4) is 17.0 Å². The number of nitrogens with zero attached hydrogens (tertiary/aromatic N) is 4. The number of ether oxygens (including phenoxy) is 1. The van der Waals surface area contributed by atoms with E-state index >= 15 is 0 Å². The molecule has 2 aromatic heterocycles. The molecule has 166 valence electrons. The van der Waals surface area contributed by atoms with Gasteiger partial charge in [0.15, 0.2) is 6.61 Å². The van der Waals surface area contributed by atoms with Gasteiger partial charge < -0.3 is 10.1 Å². The highest BCUT2D eigenvalue weighted by atomic mass is 16.6. The van der Waals surface area contributed by atoms with Crippen LogP contribution in [0.5, 0.6) is 5.75 Å². The molecular weight excluding hydrogens is 430 g/mol. The topological polar surface area (TPSA) is 142 Å². The first-order valence-corrected chi connectivity index (χ1v) is 9.71. The van der Waals surface area contributed by atoms with E-state index < -0.39 is 15.8 Å². The van der Waals surface area contributed by atoms with Gasteiger partial charge in [-0.1, -0.05) is 6.07 Å². The lowest BCUT2D eigenvalue weighted by Crippen LogP contribution is -2.20. The van der Waals surface area contributed by atoms with E-state index in [-0.39, 0.29) is 18.0 Å². The van der Waals surface area contributed by atoms with Crippen LogP contribution in [0.1, 0.15) is 5.56 Å². The third-order valence-corrected chi connectivity index (χ3v) is 4.87. The fraction of sp³-hybridized carbons (Fsp3) is 0.0909. The quantitative estimate of drug-likeness (QED) is 0.331. The molecule has 33 heavy (non-hydrogen) atoms. The standard InChI is InChI=1S/C22H17N5O6/c1-14-2-5-16(26(29)30)10-19(14)24-22(28)13-33-18-7-3-15(4-8-18)20-12-25-11-17(27(31)32)6-9-21(25)23-20/h2-12H,13H2,1H3,(H,24,28). The number of imidazole rings is 1. The van der Waals surface area contributed by atoms with Gasteiger partial charge in [0.1, 0.15) is 11.4 Å². The molecule has 2 aromatic carbocycles. The molecule has 4 rings (SSSR count). The number of carbonyl (C=O) groups excluding carboxylic acids is 1. The van der Waals surface area contributed by atoms with Crippen molar-refractivity contribution in [2.75, 3.05) is 11.9 Å². The van der Waals surface area contributed by atoms with Gasteiger partial charge in [0.05, 0.1) is 27.4 Å². The van der Waals surface area contributed by atoms with E-state index in [0.29, 0.717) is 28.3 Å². The molecule has 11 heteroatoms. The summed E-state index contributed by atoms with van der Waals surface area (Å²) in [6, 6.07) is 14.1. The van der Waals surface area contributed by atoms with Gasteiger partial charge in [-0.3, -0.25) is 29.4 Å². The highest BCUT2D eigenvalue weighted by Gasteiger charge is 2.12. The lowest BCUT2D eigenvalue weighted by Gasteiger charge is -2.10. The average Bonchev–Trinajstić information content (AvgIpc) is 3.22. The fourth-order valence-electron chi connectivity index (χ4n) is 3.14. The second kappa shape index (κ2) is 8.75. The monoisotopic (exact) mass is 447 g/mol. The van der Waals surface area contributed by atoms with Crippen molar-refractivity contribution >= 4 is 28.6 Å². The van der Waals surface area contributed by atoms with Crippen LogP contribution in [0.15, 0.2) is 67.0 Å². The molecule has 0 unspecified atom stereocenters. The summed E-state index contributed by atoms with van der Waals surface area (Å²) in [6.07, 6.45) is 3.08. The summed E-state index contributed by atoms with van der Waals surface area (Å²) in [5, 5.41) is 24.5. The molecule has 0 aliphatic heterocycles. The molecule has 11 nitrogen and oxygen atoms in total. The Morgan fingerprint density at radius 3 is 2.39 bits per heavy atom. The summed E-state index contributed by atoms with van der Waals surface area (Å²) >= 11 is 0. The van der Waals surface area contributed by atoms with Crippen LogP contribution >= 0.6 is 0 Å². The minimum atomic E-state index is -0.530. The zero-order chi connectivity index (χ0) is 23.5. The van der Waals surface area contributed by atoms with Crippen LogP contribution in [0.3, 0.4) is 0 Å². The van der Waals surface area contributed by atoms with Gasteiger partial charge in [-0.25, -0.2) is 4.98 Å². The molecule has 1 amide bonds. The molecule has 0 saturated carbocycles. The number of carbonyl (C=O) groups is 1. The number of nitro groups is 2. The third-order valence-electron chi connectivity index (χ3n) is 4.87. The number of benzene rings is 2. The Bertz CT molecular complexity index is 1380. The van der Waals surface area contributed by atoms with Crippen molar-refractivity contribution < 1.29 is 19.4 Å². The Morgan fingerprint density at radius 2 is 1.70 bits per heavy atom. The van der Waals surface area contributed by atoms with Crippen molar-refractivity contribution in [3.63, 3.8) is 0 Å². The number of hydrogen-bond donors (Lipinski definition) is 1. The summed E-state index contributed by atoms with van der Waals surface area (Å²) in [7, 11) is 0. The summed E-state index contributed by atoms with van der Waals surface area (Å²) in [4.78, 5) is 37.5. The van der Waals surface area contributed by atoms with E-state index in [2.05, 4.69) is 10.3 Å². The predicted octanol–water partition coefficient (Wildman–Crippen LogP) is 4.14. The lowest BCUT2D eigenvalue weighted by molar-refractivity contribution is -0.385. The first kappa shape index (κ1) is 21.4. The summed E-state index contributed by atoms with van der Waals surface area (Å²) in [5.74, 6) is -0.00585. The van der Waals surface area contributed by atoms with Crippen molar-refractivity contribution in [2.24, 2.45) is 0 Å². The van der Waals surface area contributed by atoms with Crippen LogP contribution in [0, 0.1) is 27.2 Å². The Kier molecular flexibility index (Phi) is 5.68. The molecule has 0 fully saturated rings. The van der Waals surface area contributed by atoms with Crippen LogP contribution in [-0.2, 0) is 4.79 Å². The van der Waals surface area contributed by atoms with E-state index in [4.69, 9.17) is 4.74 Å². The Balaban J connectivity index is 1.40. The first-order chi connectivity index (χ1) is 15.8. The molecular formula is C22H17N5O6. The number of fused-ring (bicyclic) bond motifs is 1. The normalized spacial score (nSPS) is 10.7. The number of aryl methyl sites for hydroxylation is 1.